The Bertz CT molecular complexity index is 663. The molecular formula is C13H10F3N3. The molecule has 0 aliphatic heterocycles. The van der Waals surface area contributed by atoms with Gasteiger partial charge in [-0.3, -0.25) is 0 Å². The minimum absolute atomic E-state index is 0.328. The maximum Gasteiger partial charge on any atom is 0.434 e. The maximum atomic E-state index is 13.0. The summed E-state index contributed by atoms with van der Waals surface area (Å²) >= 11 is 0. The summed E-state index contributed by atoms with van der Waals surface area (Å²) in [6, 6.07) is 6.53. The molecule has 1 aromatic heterocycles. The van der Waals surface area contributed by atoms with Gasteiger partial charge in [0.2, 0.25) is 0 Å². The Kier molecular flexibility index (Phi) is 3.06. The summed E-state index contributed by atoms with van der Waals surface area (Å²) in [4.78, 5) is 0. The number of hydrogen-bond donors (Lipinski definition) is 0. The Morgan fingerprint density at radius 1 is 1.26 bits per heavy atom. The van der Waals surface area contributed by atoms with Crippen LogP contribution in [0.25, 0.3) is 5.69 Å². The molecule has 0 spiro atoms. The molecule has 0 N–H and O–H groups in total. The van der Waals surface area contributed by atoms with Gasteiger partial charge in [0.25, 0.3) is 0 Å². The number of aromatic nitrogens is 2. The summed E-state index contributed by atoms with van der Waals surface area (Å²) in [6.45, 7) is 3.53. The number of aryl methyl sites for hydroxylation is 1. The predicted molar refractivity (Wildman–Crippen MR) is 62.8 cm³/mol. The number of alkyl halides is 3. The monoisotopic (exact) mass is 265 g/mol. The minimum Gasteiger partial charge on any atom is -0.227 e. The SMILES string of the molecule is Cc1cccc(-n2ncc(C#N)c2C(F)(F)F)c1C. The Morgan fingerprint density at radius 3 is 2.53 bits per heavy atom. The van der Waals surface area contributed by atoms with E-state index in [4.69, 9.17) is 5.26 Å². The van der Waals surface area contributed by atoms with E-state index in [0.717, 1.165) is 16.4 Å². The first-order valence-electron chi connectivity index (χ1n) is 5.48. The summed E-state index contributed by atoms with van der Waals surface area (Å²) < 4.78 is 39.9. The molecule has 0 unspecified atom stereocenters. The third-order valence-electron chi connectivity index (χ3n) is 2.96. The van der Waals surface area contributed by atoms with Crippen LogP contribution >= 0.6 is 0 Å². The molecule has 0 radical (unpaired) electrons. The van der Waals surface area contributed by atoms with E-state index in [2.05, 4.69) is 5.10 Å². The Labute approximate surface area is 107 Å². The van der Waals surface area contributed by atoms with Crippen LogP contribution in [0, 0.1) is 25.2 Å². The lowest BCUT2D eigenvalue weighted by Gasteiger charge is -2.14. The second-order valence-electron chi connectivity index (χ2n) is 4.15. The fourth-order valence-electron chi connectivity index (χ4n) is 1.85. The van der Waals surface area contributed by atoms with E-state index in [1.807, 2.05) is 0 Å². The molecule has 6 heteroatoms. The lowest BCUT2D eigenvalue weighted by molar-refractivity contribution is -0.143. The van der Waals surface area contributed by atoms with Crippen molar-refractivity contribution < 1.29 is 13.2 Å². The van der Waals surface area contributed by atoms with E-state index in [-0.39, 0.29) is 0 Å². The van der Waals surface area contributed by atoms with Gasteiger partial charge in [-0.1, -0.05) is 12.1 Å². The Morgan fingerprint density at radius 2 is 1.95 bits per heavy atom. The van der Waals surface area contributed by atoms with Crippen LogP contribution in [-0.2, 0) is 6.18 Å². The van der Waals surface area contributed by atoms with E-state index in [1.54, 1.807) is 32.0 Å². The van der Waals surface area contributed by atoms with Gasteiger partial charge in [-0.05, 0) is 31.0 Å². The van der Waals surface area contributed by atoms with Crippen molar-refractivity contribution in [2.75, 3.05) is 0 Å². The van der Waals surface area contributed by atoms with Crippen LogP contribution in [0.1, 0.15) is 22.4 Å². The quantitative estimate of drug-likeness (QED) is 0.793. The van der Waals surface area contributed by atoms with Crippen LogP contribution in [0.5, 0.6) is 0 Å². The smallest absolute Gasteiger partial charge is 0.227 e. The molecule has 2 rings (SSSR count). The van der Waals surface area contributed by atoms with Crippen molar-refractivity contribution in [2.24, 2.45) is 0 Å². The first kappa shape index (κ1) is 13.1. The zero-order valence-corrected chi connectivity index (χ0v) is 10.3. The van der Waals surface area contributed by atoms with E-state index < -0.39 is 17.4 Å². The second-order valence-corrected chi connectivity index (χ2v) is 4.15. The van der Waals surface area contributed by atoms with Crippen molar-refractivity contribution in [1.82, 2.24) is 9.78 Å². The van der Waals surface area contributed by atoms with Gasteiger partial charge in [0.15, 0.2) is 5.69 Å². The highest BCUT2D eigenvalue weighted by Crippen LogP contribution is 2.34. The van der Waals surface area contributed by atoms with E-state index in [0.29, 0.717) is 11.3 Å². The maximum absolute atomic E-state index is 13.0. The molecule has 1 aromatic carbocycles. The molecule has 2 aromatic rings. The van der Waals surface area contributed by atoms with E-state index in [1.165, 1.54) is 6.07 Å². The highest BCUT2D eigenvalue weighted by molar-refractivity contribution is 5.48. The van der Waals surface area contributed by atoms with Gasteiger partial charge in [-0.2, -0.15) is 23.5 Å². The average molecular weight is 265 g/mol. The van der Waals surface area contributed by atoms with Crippen molar-refractivity contribution in [3.05, 3.63) is 46.8 Å². The van der Waals surface area contributed by atoms with Gasteiger partial charge in [0, 0.05) is 0 Å². The number of rotatable bonds is 1. The molecule has 19 heavy (non-hydrogen) atoms. The van der Waals surface area contributed by atoms with Crippen molar-refractivity contribution in [3.8, 4) is 11.8 Å². The zero-order chi connectivity index (χ0) is 14.2. The molecule has 1 heterocycles. The van der Waals surface area contributed by atoms with Crippen molar-refractivity contribution in [3.63, 3.8) is 0 Å². The van der Waals surface area contributed by atoms with Crippen LogP contribution in [0.4, 0.5) is 13.2 Å². The number of halogens is 3. The summed E-state index contributed by atoms with van der Waals surface area (Å²) in [5, 5.41) is 12.5. The lowest BCUT2D eigenvalue weighted by atomic mass is 10.1. The Hall–Kier alpha value is -2.29. The number of nitriles is 1. The second kappa shape index (κ2) is 4.43. The molecule has 0 aliphatic rings. The van der Waals surface area contributed by atoms with E-state index in [9.17, 15) is 13.2 Å². The van der Waals surface area contributed by atoms with Crippen LogP contribution < -0.4 is 0 Å². The first-order chi connectivity index (χ1) is 8.86. The fourth-order valence-corrected chi connectivity index (χ4v) is 1.85. The predicted octanol–water partition coefficient (Wildman–Crippen LogP) is 3.38. The molecule has 0 atom stereocenters. The van der Waals surface area contributed by atoms with Gasteiger partial charge in [0.1, 0.15) is 11.6 Å². The van der Waals surface area contributed by atoms with Gasteiger partial charge >= 0.3 is 6.18 Å². The van der Waals surface area contributed by atoms with Crippen molar-refractivity contribution >= 4 is 0 Å². The first-order valence-corrected chi connectivity index (χ1v) is 5.48. The molecule has 0 saturated carbocycles. The molecule has 0 aliphatic carbocycles. The van der Waals surface area contributed by atoms with Crippen LogP contribution in [-0.4, -0.2) is 9.78 Å². The van der Waals surface area contributed by atoms with Crippen molar-refractivity contribution in [1.29, 1.82) is 5.26 Å². The molecular weight excluding hydrogens is 255 g/mol. The Balaban J connectivity index is 2.75. The van der Waals surface area contributed by atoms with Gasteiger partial charge in [-0.15, -0.1) is 0 Å². The third kappa shape index (κ3) is 2.19. The van der Waals surface area contributed by atoms with Gasteiger partial charge in [0.05, 0.1) is 11.9 Å². The topological polar surface area (TPSA) is 41.6 Å². The van der Waals surface area contributed by atoms with Crippen LogP contribution in [0.2, 0.25) is 0 Å². The van der Waals surface area contributed by atoms with Crippen molar-refractivity contribution in [2.45, 2.75) is 20.0 Å². The summed E-state index contributed by atoms with van der Waals surface area (Å²) in [5.41, 5.74) is 0.367. The minimum atomic E-state index is -4.63. The van der Waals surface area contributed by atoms with E-state index >= 15 is 0 Å². The highest BCUT2D eigenvalue weighted by Gasteiger charge is 2.39. The molecule has 0 fully saturated rings. The van der Waals surface area contributed by atoms with Crippen LogP contribution in [0.3, 0.4) is 0 Å². The van der Waals surface area contributed by atoms with Gasteiger partial charge < -0.3 is 0 Å². The number of nitrogens with zero attached hydrogens (tertiary/aromatic N) is 3. The lowest BCUT2D eigenvalue weighted by Crippen LogP contribution is -2.15. The summed E-state index contributed by atoms with van der Waals surface area (Å²) in [5.74, 6) is 0. The fraction of sp³-hybridized carbons (Fsp3) is 0.231. The normalized spacial score (nSPS) is 11.4. The van der Waals surface area contributed by atoms with Gasteiger partial charge in [-0.25, -0.2) is 4.68 Å². The largest absolute Gasteiger partial charge is 0.434 e. The molecule has 0 bridgehead atoms. The molecule has 0 amide bonds. The summed E-state index contributed by atoms with van der Waals surface area (Å²) in [6.07, 6.45) is -3.69. The molecule has 98 valence electrons. The molecule has 0 saturated heterocycles. The number of benzene rings is 1. The summed E-state index contributed by atoms with van der Waals surface area (Å²) in [7, 11) is 0. The average Bonchev–Trinajstić information content (AvgIpc) is 2.76. The third-order valence-corrected chi connectivity index (χ3v) is 2.96. The van der Waals surface area contributed by atoms with Crippen LogP contribution in [0.15, 0.2) is 24.4 Å². The zero-order valence-electron chi connectivity index (χ0n) is 10.3. The highest BCUT2D eigenvalue weighted by atomic mass is 19.4. The standard InChI is InChI=1S/C13H10F3N3/c1-8-4-3-5-11(9(8)2)19-12(13(14,15)16)10(6-17)7-18-19/h3-5,7H,1-2H3. The number of hydrogen-bond acceptors (Lipinski definition) is 2. The molecule has 3 nitrogen and oxygen atoms in total.